The minimum atomic E-state index is -0.284. The van der Waals surface area contributed by atoms with Gasteiger partial charge in [-0.1, -0.05) is 42.1 Å². The fourth-order valence-corrected chi connectivity index (χ4v) is 2.94. The van der Waals surface area contributed by atoms with Crippen LogP contribution >= 0.6 is 11.8 Å². The van der Waals surface area contributed by atoms with Crippen LogP contribution in [0.1, 0.15) is 12.5 Å². The number of hydrogen-bond acceptors (Lipinski definition) is 3. The lowest BCUT2D eigenvalue weighted by molar-refractivity contribution is -0.134. The molecule has 0 N–H and O–H groups in total. The smallest absolute Gasteiger partial charge is 0.308 e. The molecule has 3 heteroatoms. The van der Waals surface area contributed by atoms with Crippen LogP contribution in [0.2, 0.25) is 0 Å². The van der Waals surface area contributed by atoms with Gasteiger partial charge in [0.1, 0.15) is 5.76 Å². The van der Waals surface area contributed by atoms with Crippen LogP contribution in [0.3, 0.4) is 0 Å². The molecular weight excluding hydrogens is 232 g/mol. The maximum absolute atomic E-state index is 11.1. The average Bonchev–Trinajstić information content (AvgIpc) is 2.33. The van der Waals surface area contributed by atoms with Crippen LogP contribution < -0.4 is 0 Å². The topological polar surface area (TPSA) is 26.3 Å². The van der Waals surface area contributed by atoms with E-state index < -0.39 is 0 Å². The Bertz CT molecular complexity index is 638. The number of ether oxygens (including phenoxy) is 1. The molecule has 1 heterocycles. The lowest BCUT2D eigenvalue weighted by Crippen LogP contribution is -2.01. The molecule has 1 aliphatic heterocycles. The van der Waals surface area contributed by atoms with Crippen LogP contribution in [0, 0.1) is 0 Å². The zero-order valence-electron chi connectivity index (χ0n) is 9.27. The molecule has 0 unspecified atom stereocenters. The van der Waals surface area contributed by atoms with Crippen molar-refractivity contribution < 1.29 is 9.53 Å². The van der Waals surface area contributed by atoms with Gasteiger partial charge >= 0.3 is 5.97 Å². The lowest BCUT2D eigenvalue weighted by atomic mass is 10.0. The summed E-state index contributed by atoms with van der Waals surface area (Å²) in [5.74, 6) is 0.361. The van der Waals surface area contributed by atoms with Crippen LogP contribution in [0.5, 0.6) is 0 Å². The van der Waals surface area contributed by atoms with E-state index in [1.807, 2.05) is 23.6 Å². The van der Waals surface area contributed by atoms with Crippen molar-refractivity contribution >= 4 is 34.3 Å². The second-order valence-corrected chi connectivity index (χ2v) is 4.76. The first kappa shape index (κ1) is 10.4. The van der Waals surface area contributed by atoms with Gasteiger partial charge in [0, 0.05) is 28.2 Å². The van der Waals surface area contributed by atoms with Crippen LogP contribution in [0.15, 0.2) is 46.7 Å². The third-order valence-electron chi connectivity index (χ3n) is 2.68. The third kappa shape index (κ3) is 1.72. The first-order valence-corrected chi connectivity index (χ1v) is 6.21. The van der Waals surface area contributed by atoms with Crippen LogP contribution in [0.4, 0.5) is 0 Å². The molecule has 2 aromatic rings. The molecule has 2 nitrogen and oxygen atoms in total. The first-order valence-electron chi connectivity index (χ1n) is 5.33. The average molecular weight is 242 g/mol. The molecule has 0 saturated heterocycles. The predicted molar refractivity (Wildman–Crippen MR) is 69.5 cm³/mol. The summed E-state index contributed by atoms with van der Waals surface area (Å²) in [6.07, 6.45) is 0. The monoisotopic (exact) mass is 242 g/mol. The Kier molecular flexibility index (Phi) is 2.41. The highest BCUT2D eigenvalue weighted by molar-refractivity contribution is 8.02. The van der Waals surface area contributed by atoms with Crippen molar-refractivity contribution in [1.82, 2.24) is 0 Å². The van der Waals surface area contributed by atoms with Crippen molar-refractivity contribution in [3.63, 3.8) is 0 Å². The molecule has 0 spiro atoms. The minimum absolute atomic E-state index is 0.284. The summed E-state index contributed by atoms with van der Waals surface area (Å²) in [5, 5.41) is 4.22. The molecule has 3 rings (SSSR count). The van der Waals surface area contributed by atoms with E-state index in [4.69, 9.17) is 4.74 Å². The Morgan fingerprint density at radius 3 is 2.71 bits per heavy atom. The van der Waals surface area contributed by atoms with Gasteiger partial charge in [-0.05, 0) is 11.5 Å². The number of carbonyl (C=O) groups excluding carboxylic acids is 1. The largest absolute Gasteiger partial charge is 0.425 e. The van der Waals surface area contributed by atoms with Gasteiger partial charge in [0.2, 0.25) is 0 Å². The third-order valence-corrected chi connectivity index (χ3v) is 3.60. The zero-order chi connectivity index (χ0) is 11.8. The number of hydrogen-bond donors (Lipinski definition) is 0. The first-order chi connectivity index (χ1) is 8.25. The summed E-state index contributed by atoms with van der Waals surface area (Å²) in [7, 11) is 0. The second kappa shape index (κ2) is 3.93. The standard InChI is InChI=1S/C14H10O2S/c1-9(15)16-12-8-17-13-7-3-5-10-4-2-6-11(12)14(10)13/h2-8H,1H3. The van der Waals surface area contributed by atoms with Crippen LogP contribution in [-0.4, -0.2) is 5.97 Å². The van der Waals surface area contributed by atoms with E-state index in [1.54, 1.807) is 11.8 Å². The van der Waals surface area contributed by atoms with E-state index in [2.05, 4.69) is 18.2 Å². The van der Waals surface area contributed by atoms with Crippen molar-refractivity contribution in [3.05, 3.63) is 47.4 Å². The van der Waals surface area contributed by atoms with E-state index in [9.17, 15) is 4.79 Å². The molecular formula is C14H10O2S. The summed E-state index contributed by atoms with van der Waals surface area (Å²) >= 11 is 1.59. The van der Waals surface area contributed by atoms with Gasteiger partial charge in [-0.25, -0.2) is 0 Å². The van der Waals surface area contributed by atoms with Gasteiger partial charge in [-0.2, -0.15) is 0 Å². The molecule has 0 aliphatic carbocycles. The Morgan fingerprint density at radius 2 is 1.94 bits per heavy atom. The van der Waals surface area contributed by atoms with Crippen molar-refractivity contribution in [3.8, 4) is 0 Å². The molecule has 2 aromatic carbocycles. The fraction of sp³-hybridized carbons (Fsp3) is 0.0714. The summed E-state index contributed by atoms with van der Waals surface area (Å²) in [5.41, 5.74) is 0.993. The molecule has 0 fully saturated rings. The second-order valence-electron chi connectivity index (χ2n) is 3.85. The number of thioether (sulfide) groups is 1. The van der Waals surface area contributed by atoms with Crippen molar-refractivity contribution in [2.45, 2.75) is 11.8 Å². The van der Waals surface area contributed by atoms with Gasteiger partial charge in [0.25, 0.3) is 0 Å². The number of esters is 1. The van der Waals surface area contributed by atoms with Gasteiger partial charge in [0.15, 0.2) is 0 Å². The lowest BCUT2D eigenvalue weighted by Gasteiger charge is -2.17. The maximum Gasteiger partial charge on any atom is 0.308 e. The SMILES string of the molecule is CC(=O)OC1=CSc2cccc3cccc1c23. The summed E-state index contributed by atoms with van der Waals surface area (Å²) in [4.78, 5) is 12.3. The zero-order valence-corrected chi connectivity index (χ0v) is 10.1. The number of benzene rings is 2. The molecule has 17 heavy (non-hydrogen) atoms. The number of carbonyl (C=O) groups is 1. The Balaban J connectivity index is 2.24. The van der Waals surface area contributed by atoms with E-state index in [0.717, 1.165) is 5.56 Å². The van der Waals surface area contributed by atoms with Crippen LogP contribution in [0.25, 0.3) is 16.5 Å². The summed E-state index contributed by atoms with van der Waals surface area (Å²) in [6, 6.07) is 12.2. The maximum atomic E-state index is 11.1. The Hall–Kier alpha value is -1.74. The molecule has 1 aliphatic rings. The van der Waals surface area contributed by atoms with Gasteiger partial charge in [0.05, 0.1) is 0 Å². The van der Waals surface area contributed by atoms with Crippen LogP contribution in [-0.2, 0) is 9.53 Å². The highest BCUT2D eigenvalue weighted by Crippen LogP contribution is 2.40. The Morgan fingerprint density at radius 1 is 1.18 bits per heavy atom. The molecule has 84 valence electrons. The summed E-state index contributed by atoms with van der Waals surface area (Å²) < 4.78 is 5.24. The van der Waals surface area contributed by atoms with Crippen molar-refractivity contribution in [1.29, 1.82) is 0 Å². The quantitative estimate of drug-likeness (QED) is 0.711. The van der Waals surface area contributed by atoms with E-state index in [0.29, 0.717) is 5.76 Å². The van der Waals surface area contributed by atoms with Crippen molar-refractivity contribution in [2.75, 3.05) is 0 Å². The van der Waals surface area contributed by atoms with Gasteiger partial charge in [-0.3, -0.25) is 4.79 Å². The molecule has 0 aromatic heterocycles. The van der Waals surface area contributed by atoms with E-state index in [-0.39, 0.29) is 5.97 Å². The molecule has 0 radical (unpaired) electrons. The van der Waals surface area contributed by atoms with Crippen molar-refractivity contribution in [2.24, 2.45) is 0 Å². The van der Waals surface area contributed by atoms with Gasteiger partial charge in [-0.15, -0.1) is 0 Å². The Labute approximate surface area is 103 Å². The van der Waals surface area contributed by atoms with E-state index >= 15 is 0 Å². The minimum Gasteiger partial charge on any atom is -0.425 e. The summed E-state index contributed by atoms with van der Waals surface area (Å²) in [6.45, 7) is 1.42. The highest BCUT2D eigenvalue weighted by atomic mass is 32.2. The molecule has 0 atom stereocenters. The number of rotatable bonds is 1. The predicted octanol–water partition coefficient (Wildman–Crippen LogP) is 3.81. The highest BCUT2D eigenvalue weighted by Gasteiger charge is 2.17. The fourth-order valence-electron chi connectivity index (χ4n) is 2.02. The molecule has 0 bridgehead atoms. The normalized spacial score (nSPS) is 13.4. The molecule has 0 amide bonds. The molecule has 0 saturated carbocycles. The van der Waals surface area contributed by atoms with Gasteiger partial charge < -0.3 is 4.74 Å². The van der Waals surface area contributed by atoms with E-state index in [1.165, 1.54) is 22.6 Å².